The van der Waals surface area contributed by atoms with Crippen LogP contribution >= 0.6 is 10.7 Å². The van der Waals surface area contributed by atoms with Crippen molar-refractivity contribution >= 4 is 25.7 Å². The molecule has 0 aromatic carbocycles. The zero-order chi connectivity index (χ0) is 13.1. The van der Waals surface area contributed by atoms with Gasteiger partial charge in [-0.15, -0.1) is 0 Å². The van der Waals surface area contributed by atoms with Gasteiger partial charge < -0.3 is 9.47 Å². The lowest BCUT2D eigenvalue weighted by Crippen LogP contribution is -2.13. The summed E-state index contributed by atoms with van der Waals surface area (Å²) in [4.78, 5) is 11.2. The van der Waals surface area contributed by atoms with E-state index in [0.29, 0.717) is 0 Å². The first-order chi connectivity index (χ1) is 7.88. The molecule has 1 N–H and O–H groups in total. The minimum Gasteiger partial charge on any atom is -0.458 e. The third-order valence-electron chi connectivity index (χ3n) is 1.85. The van der Waals surface area contributed by atoms with E-state index in [2.05, 4.69) is 14.9 Å². The van der Waals surface area contributed by atoms with Gasteiger partial charge in [0.05, 0.1) is 12.3 Å². The van der Waals surface area contributed by atoms with Crippen molar-refractivity contribution in [2.24, 2.45) is 0 Å². The number of hydrogen-bond acceptors (Lipinski definition) is 6. The van der Waals surface area contributed by atoms with E-state index in [0.717, 1.165) is 0 Å². The first kappa shape index (κ1) is 13.9. The number of H-pyrrole nitrogens is 1. The predicted octanol–water partition coefficient (Wildman–Crippen LogP) is 0.449. The molecular weight excluding hydrogens is 272 g/mol. The lowest BCUT2D eigenvalue weighted by molar-refractivity contribution is 0.0377. The fourth-order valence-electron chi connectivity index (χ4n) is 1.14. The second-order valence-electron chi connectivity index (χ2n) is 3.09. The molecule has 0 atom stereocenters. The number of carbonyl (C=O) groups excluding carboxylic acids is 1. The van der Waals surface area contributed by atoms with Gasteiger partial charge in [-0.1, -0.05) is 0 Å². The number of ether oxygens (including phenoxy) is 2. The number of nitrogens with zero attached hydrogens (tertiary/aromatic N) is 1. The summed E-state index contributed by atoms with van der Waals surface area (Å²) in [5, 5.41) is 5.93. The summed E-state index contributed by atoms with van der Waals surface area (Å²) in [5.74, 6) is -0.870. The minimum absolute atomic E-state index is 0.00299. The Morgan fingerprint density at radius 1 is 1.47 bits per heavy atom. The third kappa shape index (κ3) is 3.42. The Balaban J connectivity index is 2.96. The molecule has 0 aliphatic heterocycles. The van der Waals surface area contributed by atoms with E-state index in [1.165, 1.54) is 14.0 Å². The van der Waals surface area contributed by atoms with Crippen LogP contribution in [0.5, 0.6) is 0 Å². The lowest BCUT2D eigenvalue weighted by atomic mass is 10.4. The maximum Gasteiger partial charge on any atom is 0.360 e. The smallest absolute Gasteiger partial charge is 0.360 e. The fourth-order valence-corrected chi connectivity index (χ4v) is 2.48. The number of aryl methyl sites for hydroxylation is 1. The van der Waals surface area contributed by atoms with Gasteiger partial charge in [0.1, 0.15) is 11.5 Å². The Morgan fingerprint density at radius 2 is 2.12 bits per heavy atom. The van der Waals surface area contributed by atoms with E-state index >= 15 is 0 Å². The topological polar surface area (TPSA) is 98.3 Å². The van der Waals surface area contributed by atoms with Gasteiger partial charge in [0.2, 0.25) is 0 Å². The minimum atomic E-state index is -4.05. The highest BCUT2D eigenvalue weighted by atomic mass is 35.7. The first-order valence-electron chi connectivity index (χ1n) is 4.53. The zero-order valence-electron chi connectivity index (χ0n) is 9.19. The van der Waals surface area contributed by atoms with Gasteiger partial charge in [-0.2, -0.15) is 5.10 Å². The highest BCUT2D eigenvalue weighted by Gasteiger charge is 2.27. The third-order valence-corrected chi connectivity index (χ3v) is 3.30. The van der Waals surface area contributed by atoms with Crippen LogP contribution in [0.4, 0.5) is 0 Å². The highest BCUT2D eigenvalue weighted by molar-refractivity contribution is 8.13. The quantitative estimate of drug-likeness (QED) is 0.478. The molecule has 0 amide bonds. The second-order valence-corrected chi connectivity index (χ2v) is 5.60. The van der Waals surface area contributed by atoms with Crippen molar-refractivity contribution < 1.29 is 22.7 Å². The highest BCUT2D eigenvalue weighted by Crippen LogP contribution is 2.22. The molecule has 1 aromatic rings. The second kappa shape index (κ2) is 5.48. The summed E-state index contributed by atoms with van der Waals surface area (Å²) >= 11 is 0. The molecule has 0 bridgehead atoms. The van der Waals surface area contributed by atoms with Gasteiger partial charge in [-0.25, -0.2) is 13.2 Å². The summed E-state index contributed by atoms with van der Waals surface area (Å²) in [5.41, 5.74) is -0.174. The monoisotopic (exact) mass is 282 g/mol. The molecule has 17 heavy (non-hydrogen) atoms. The van der Waals surface area contributed by atoms with E-state index in [1.54, 1.807) is 0 Å². The maximum absolute atomic E-state index is 11.5. The summed E-state index contributed by atoms with van der Waals surface area (Å²) in [6.45, 7) is 1.65. The molecule has 0 radical (unpaired) electrons. The van der Waals surface area contributed by atoms with Crippen LogP contribution in [0, 0.1) is 6.92 Å². The van der Waals surface area contributed by atoms with Crippen molar-refractivity contribution in [2.45, 2.75) is 11.8 Å². The molecule has 0 unspecified atom stereocenters. The van der Waals surface area contributed by atoms with Crippen LogP contribution in [0.25, 0.3) is 0 Å². The van der Waals surface area contributed by atoms with Gasteiger partial charge >= 0.3 is 5.97 Å². The van der Waals surface area contributed by atoms with E-state index < -0.39 is 15.0 Å². The van der Waals surface area contributed by atoms with Crippen molar-refractivity contribution in [2.75, 3.05) is 20.3 Å². The Hall–Kier alpha value is -1.12. The molecule has 7 nitrogen and oxygen atoms in total. The van der Waals surface area contributed by atoms with Crippen LogP contribution in [-0.4, -0.2) is 44.9 Å². The Morgan fingerprint density at radius 3 is 2.65 bits per heavy atom. The number of nitrogens with one attached hydrogen (secondary N) is 1. The summed E-state index contributed by atoms with van der Waals surface area (Å²) in [6, 6.07) is 0. The number of methoxy groups -OCH3 is 1. The van der Waals surface area contributed by atoms with Crippen molar-refractivity contribution in [1.29, 1.82) is 0 Å². The normalized spacial score (nSPS) is 11.5. The van der Waals surface area contributed by atoms with Gasteiger partial charge in [0.25, 0.3) is 9.05 Å². The Labute approximate surface area is 102 Å². The lowest BCUT2D eigenvalue weighted by Gasteiger charge is -2.02. The van der Waals surface area contributed by atoms with Crippen molar-refractivity contribution in [3.63, 3.8) is 0 Å². The van der Waals surface area contributed by atoms with Crippen LogP contribution in [-0.2, 0) is 18.5 Å². The molecule has 1 heterocycles. The Bertz CT molecular complexity index is 510. The van der Waals surface area contributed by atoms with Crippen molar-refractivity contribution in [3.8, 4) is 0 Å². The number of aromatic amines is 1. The number of rotatable bonds is 5. The molecule has 0 saturated heterocycles. The van der Waals surface area contributed by atoms with Crippen LogP contribution < -0.4 is 0 Å². The van der Waals surface area contributed by atoms with Crippen LogP contribution in [0.2, 0.25) is 0 Å². The van der Waals surface area contributed by atoms with Gasteiger partial charge in [-0.05, 0) is 6.92 Å². The van der Waals surface area contributed by atoms with E-state index in [-0.39, 0.29) is 29.5 Å². The van der Waals surface area contributed by atoms with Crippen molar-refractivity contribution in [1.82, 2.24) is 10.2 Å². The standard InChI is InChI=1S/C8H11ClN2O5S/c1-5-7(17(9,13)14)6(11-10-5)8(12)16-4-3-15-2/h3-4H2,1-2H3,(H,10,11). The van der Waals surface area contributed by atoms with E-state index in [1.807, 2.05) is 0 Å². The maximum atomic E-state index is 11.5. The first-order valence-corrected chi connectivity index (χ1v) is 6.84. The van der Waals surface area contributed by atoms with Crippen LogP contribution in [0.1, 0.15) is 16.2 Å². The predicted molar refractivity (Wildman–Crippen MR) is 58.5 cm³/mol. The fraction of sp³-hybridized carbons (Fsp3) is 0.500. The van der Waals surface area contributed by atoms with Gasteiger partial charge in [-0.3, -0.25) is 5.10 Å². The molecule has 1 rings (SSSR count). The largest absolute Gasteiger partial charge is 0.458 e. The average molecular weight is 283 g/mol. The summed E-state index contributed by atoms with van der Waals surface area (Å²) < 4.78 is 31.9. The zero-order valence-corrected chi connectivity index (χ0v) is 10.8. The molecule has 0 spiro atoms. The Kier molecular flexibility index (Phi) is 4.49. The number of aromatic nitrogens is 2. The molecular formula is C8H11ClN2O5S. The van der Waals surface area contributed by atoms with Gasteiger partial charge in [0.15, 0.2) is 5.69 Å². The van der Waals surface area contributed by atoms with E-state index in [9.17, 15) is 13.2 Å². The van der Waals surface area contributed by atoms with Crippen LogP contribution in [0.15, 0.2) is 4.90 Å². The van der Waals surface area contributed by atoms with Crippen molar-refractivity contribution in [3.05, 3.63) is 11.4 Å². The molecule has 96 valence electrons. The molecule has 0 aliphatic rings. The number of esters is 1. The van der Waals surface area contributed by atoms with Gasteiger partial charge in [0, 0.05) is 17.8 Å². The molecule has 0 aliphatic carbocycles. The number of halogens is 1. The SMILES string of the molecule is COCCOC(=O)c1n[nH]c(C)c1S(=O)(=O)Cl. The molecule has 0 fully saturated rings. The molecule has 0 saturated carbocycles. The van der Waals surface area contributed by atoms with Crippen LogP contribution in [0.3, 0.4) is 0 Å². The molecule has 1 aromatic heterocycles. The van der Waals surface area contributed by atoms with E-state index in [4.69, 9.17) is 15.4 Å². The summed E-state index contributed by atoms with van der Waals surface area (Å²) in [6.07, 6.45) is 0. The number of carbonyl (C=O) groups is 1. The molecule has 9 heteroatoms. The average Bonchev–Trinajstić information content (AvgIpc) is 2.60. The number of hydrogen-bond donors (Lipinski definition) is 1. The summed E-state index contributed by atoms with van der Waals surface area (Å²) in [7, 11) is 2.59.